The Bertz CT molecular complexity index is 414. The van der Waals surface area contributed by atoms with Gasteiger partial charge in [-0.15, -0.1) is 12.4 Å². The Hall–Kier alpha value is -1.13. The molecule has 1 aromatic rings. The molecule has 3 nitrogen and oxygen atoms in total. The standard InChI is InChI=1S/C13H17FN2O.ClH/c1-9-8-10(6-7-15-9)16-13(17)11-4-2-3-5-12(11)14;/h2-5,9-10,15H,6-8H2,1H3,(H,16,17);1H. The highest BCUT2D eigenvalue weighted by Gasteiger charge is 2.21. The van der Waals surface area contributed by atoms with E-state index < -0.39 is 5.82 Å². The van der Waals surface area contributed by atoms with E-state index in [4.69, 9.17) is 0 Å². The molecule has 0 bridgehead atoms. The number of benzene rings is 1. The van der Waals surface area contributed by atoms with Crippen LogP contribution < -0.4 is 10.6 Å². The summed E-state index contributed by atoms with van der Waals surface area (Å²) in [5, 5.41) is 6.20. The minimum absolute atomic E-state index is 0. The predicted molar refractivity (Wildman–Crippen MR) is 71.6 cm³/mol. The van der Waals surface area contributed by atoms with Crippen LogP contribution in [0, 0.1) is 5.82 Å². The molecule has 2 unspecified atom stereocenters. The van der Waals surface area contributed by atoms with E-state index in [0.29, 0.717) is 6.04 Å². The van der Waals surface area contributed by atoms with Gasteiger partial charge in [-0.2, -0.15) is 0 Å². The molecular formula is C13H18ClFN2O. The summed E-state index contributed by atoms with van der Waals surface area (Å²) >= 11 is 0. The minimum atomic E-state index is -0.466. The normalized spacial score (nSPS) is 23.0. The van der Waals surface area contributed by atoms with E-state index in [1.54, 1.807) is 12.1 Å². The topological polar surface area (TPSA) is 41.1 Å². The van der Waals surface area contributed by atoms with Crippen LogP contribution >= 0.6 is 12.4 Å². The monoisotopic (exact) mass is 272 g/mol. The second-order valence-corrected chi connectivity index (χ2v) is 4.53. The van der Waals surface area contributed by atoms with E-state index in [-0.39, 0.29) is 29.9 Å². The van der Waals surface area contributed by atoms with Crippen LogP contribution in [0.3, 0.4) is 0 Å². The van der Waals surface area contributed by atoms with Crippen LogP contribution in [0.15, 0.2) is 24.3 Å². The summed E-state index contributed by atoms with van der Waals surface area (Å²) in [5.41, 5.74) is 0.124. The van der Waals surface area contributed by atoms with Crippen molar-refractivity contribution in [3.8, 4) is 0 Å². The van der Waals surface area contributed by atoms with Crippen molar-refractivity contribution in [1.82, 2.24) is 10.6 Å². The van der Waals surface area contributed by atoms with Crippen LogP contribution in [0.1, 0.15) is 30.1 Å². The molecule has 100 valence electrons. The highest BCUT2D eigenvalue weighted by Crippen LogP contribution is 2.11. The Balaban J connectivity index is 0.00000162. The van der Waals surface area contributed by atoms with Gasteiger partial charge >= 0.3 is 0 Å². The van der Waals surface area contributed by atoms with Crippen molar-refractivity contribution in [2.24, 2.45) is 0 Å². The summed E-state index contributed by atoms with van der Waals surface area (Å²) in [6.45, 7) is 2.98. The number of halogens is 2. The van der Waals surface area contributed by atoms with Gasteiger partial charge in [-0.05, 0) is 38.4 Å². The first-order chi connectivity index (χ1) is 8.16. The fraction of sp³-hybridized carbons (Fsp3) is 0.462. The van der Waals surface area contributed by atoms with Gasteiger partial charge in [-0.1, -0.05) is 12.1 Å². The third kappa shape index (κ3) is 3.68. The highest BCUT2D eigenvalue weighted by molar-refractivity contribution is 5.94. The molecule has 1 fully saturated rings. The second-order valence-electron chi connectivity index (χ2n) is 4.53. The average Bonchev–Trinajstić information content (AvgIpc) is 2.29. The highest BCUT2D eigenvalue weighted by atomic mass is 35.5. The maximum atomic E-state index is 13.4. The Labute approximate surface area is 113 Å². The summed E-state index contributed by atoms with van der Waals surface area (Å²) in [4.78, 5) is 11.9. The van der Waals surface area contributed by atoms with Gasteiger partial charge in [-0.3, -0.25) is 4.79 Å². The fourth-order valence-electron chi connectivity index (χ4n) is 2.17. The molecule has 1 saturated heterocycles. The summed E-state index contributed by atoms with van der Waals surface area (Å²) in [5.74, 6) is -0.783. The zero-order chi connectivity index (χ0) is 12.3. The number of carbonyl (C=O) groups is 1. The van der Waals surface area contributed by atoms with Gasteiger partial charge in [0.05, 0.1) is 5.56 Å². The Morgan fingerprint density at radius 2 is 2.17 bits per heavy atom. The lowest BCUT2D eigenvalue weighted by Gasteiger charge is -2.28. The lowest BCUT2D eigenvalue weighted by Crippen LogP contribution is -2.46. The number of carbonyl (C=O) groups excluding carboxylic acids is 1. The van der Waals surface area contributed by atoms with E-state index in [9.17, 15) is 9.18 Å². The summed E-state index contributed by atoms with van der Waals surface area (Å²) in [6, 6.07) is 6.60. The first-order valence-electron chi connectivity index (χ1n) is 5.95. The molecule has 1 aliphatic rings. The van der Waals surface area contributed by atoms with Crippen LogP contribution in [-0.2, 0) is 0 Å². The third-order valence-corrected chi connectivity index (χ3v) is 3.08. The van der Waals surface area contributed by atoms with Crippen molar-refractivity contribution < 1.29 is 9.18 Å². The number of hydrogen-bond acceptors (Lipinski definition) is 2. The first-order valence-corrected chi connectivity index (χ1v) is 5.95. The maximum absolute atomic E-state index is 13.4. The van der Waals surface area contributed by atoms with Crippen molar-refractivity contribution in [3.63, 3.8) is 0 Å². The summed E-state index contributed by atoms with van der Waals surface area (Å²) in [6.07, 6.45) is 1.78. The number of nitrogens with one attached hydrogen (secondary N) is 2. The van der Waals surface area contributed by atoms with Gasteiger partial charge < -0.3 is 10.6 Å². The van der Waals surface area contributed by atoms with Crippen LogP contribution in [0.25, 0.3) is 0 Å². The second kappa shape index (κ2) is 6.71. The van der Waals surface area contributed by atoms with Crippen molar-refractivity contribution >= 4 is 18.3 Å². The molecule has 0 aromatic heterocycles. The zero-order valence-corrected chi connectivity index (χ0v) is 11.1. The third-order valence-electron chi connectivity index (χ3n) is 3.08. The minimum Gasteiger partial charge on any atom is -0.349 e. The molecule has 0 spiro atoms. The van der Waals surface area contributed by atoms with Crippen LogP contribution in [0.5, 0.6) is 0 Å². The molecule has 0 saturated carbocycles. The van der Waals surface area contributed by atoms with Crippen molar-refractivity contribution in [3.05, 3.63) is 35.6 Å². The van der Waals surface area contributed by atoms with Gasteiger partial charge in [0.15, 0.2) is 0 Å². The number of piperidine rings is 1. The lowest BCUT2D eigenvalue weighted by molar-refractivity contribution is 0.0921. The van der Waals surface area contributed by atoms with Gasteiger partial charge in [0.1, 0.15) is 5.82 Å². The first kappa shape index (κ1) is 14.9. The van der Waals surface area contributed by atoms with E-state index in [2.05, 4.69) is 17.6 Å². The molecule has 1 aliphatic heterocycles. The average molecular weight is 273 g/mol. The van der Waals surface area contributed by atoms with Gasteiger partial charge in [-0.25, -0.2) is 4.39 Å². The Morgan fingerprint density at radius 1 is 1.44 bits per heavy atom. The molecule has 2 atom stereocenters. The number of rotatable bonds is 2. The molecule has 5 heteroatoms. The smallest absolute Gasteiger partial charge is 0.254 e. The van der Waals surface area contributed by atoms with Gasteiger partial charge in [0, 0.05) is 12.1 Å². The lowest BCUT2D eigenvalue weighted by atomic mass is 10.0. The van der Waals surface area contributed by atoms with E-state index in [0.717, 1.165) is 19.4 Å². The summed E-state index contributed by atoms with van der Waals surface area (Å²) < 4.78 is 13.4. The molecule has 1 heterocycles. The van der Waals surface area contributed by atoms with E-state index in [1.807, 2.05) is 0 Å². The largest absolute Gasteiger partial charge is 0.349 e. The van der Waals surface area contributed by atoms with Crippen LogP contribution in [0.2, 0.25) is 0 Å². The molecule has 0 aliphatic carbocycles. The summed E-state index contributed by atoms with van der Waals surface area (Å²) in [7, 11) is 0. The zero-order valence-electron chi connectivity index (χ0n) is 10.3. The van der Waals surface area contributed by atoms with E-state index >= 15 is 0 Å². The van der Waals surface area contributed by atoms with Crippen LogP contribution in [-0.4, -0.2) is 24.5 Å². The van der Waals surface area contributed by atoms with E-state index in [1.165, 1.54) is 12.1 Å². The molecule has 1 amide bonds. The quantitative estimate of drug-likeness (QED) is 0.866. The molecule has 1 aromatic carbocycles. The number of hydrogen-bond donors (Lipinski definition) is 2. The Morgan fingerprint density at radius 3 is 2.83 bits per heavy atom. The Kier molecular flexibility index (Phi) is 5.56. The van der Waals surface area contributed by atoms with Crippen molar-refractivity contribution in [1.29, 1.82) is 0 Å². The molecule has 0 radical (unpaired) electrons. The molecule has 18 heavy (non-hydrogen) atoms. The van der Waals surface area contributed by atoms with Crippen molar-refractivity contribution in [2.45, 2.75) is 31.8 Å². The van der Waals surface area contributed by atoms with Crippen LogP contribution in [0.4, 0.5) is 4.39 Å². The molecule has 2 rings (SSSR count). The van der Waals surface area contributed by atoms with Gasteiger partial charge in [0.25, 0.3) is 5.91 Å². The predicted octanol–water partition coefficient (Wildman–Crippen LogP) is 2.12. The van der Waals surface area contributed by atoms with Gasteiger partial charge in [0.2, 0.25) is 0 Å². The van der Waals surface area contributed by atoms with Crippen molar-refractivity contribution in [2.75, 3.05) is 6.54 Å². The SMILES string of the molecule is CC1CC(NC(=O)c2ccccc2F)CCN1.Cl. The maximum Gasteiger partial charge on any atom is 0.254 e. The molecule has 2 N–H and O–H groups in total. The fourth-order valence-corrected chi connectivity index (χ4v) is 2.17. The molecular weight excluding hydrogens is 255 g/mol. The number of amides is 1.